The number of carbonyl (C=O) groups excluding carboxylic acids is 1. The summed E-state index contributed by atoms with van der Waals surface area (Å²) in [5, 5.41) is 4.63. The summed E-state index contributed by atoms with van der Waals surface area (Å²) < 4.78 is 16.1. The fourth-order valence-electron chi connectivity index (χ4n) is 2.77. The molecule has 0 spiro atoms. The number of nitrogens with zero attached hydrogens (tertiary/aromatic N) is 2. The summed E-state index contributed by atoms with van der Waals surface area (Å²) in [5.74, 6) is 1.66. The van der Waals surface area contributed by atoms with Gasteiger partial charge in [-0.1, -0.05) is 17.3 Å². The number of ether oxygens (including phenoxy) is 1. The highest BCUT2D eigenvalue weighted by atomic mass is 16.5. The molecule has 0 saturated heterocycles. The Morgan fingerprint density at radius 1 is 1.41 bits per heavy atom. The quantitative estimate of drug-likeness (QED) is 0.727. The average Bonchev–Trinajstić information content (AvgIpc) is 3.19. The topological polar surface area (TPSA) is 68.7 Å². The maximum atomic E-state index is 12.6. The summed E-state index contributed by atoms with van der Waals surface area (Å²) in [6.45, 7) is 1.08. The molecule has 0 fully saturated rings. The molecule has 1 aliphatic rings. The smallest absolute Gasteiger partial charge is 0.289 e. The van der Waals surface area contributed by atoms with Crippen LogP contribution in [0, 0.1) is 0 Å². The van der Waals surface area contributed by atoms with Crippen LogP contribution in [0.25, 0.3) is 11.0 Å². The normalized spacial score (nSPS) is 14.1. The van der Waals surface area contributed by atoms with Crippen LogP contribution >= 0.6 is 0 Å². The van der Waals surface area contributed by atoms with E-state index in [-0.39, 0.29) is 5.91 Å². The summed E-state index contributed by atoms with van der Waals surface area (Å²) in [6, 6.07) is 7.33. The Morgan fingerprint density at radius 2 is 2.32 bits per heavy atom. The first-order chi connectivity index (χ1) is 10.8. The molecule has 0 bridgehead atoms. The van der Waals surface area contributed by atoms with Crippen LogP contribution in [0.1, 0.15) is 21.9 Å². The molecule has 22 heavy (non-hydrogen) atoms. The minimum Gasteiger partial charge on any atom is -0.493 e. The maximum absolute atomic E-state index is 12.6. The number of benzene rings is 1. The molecule has 2 aromatic heterocycles. The summed E-state index contributed by atoms with van der Waals surface area (Å²) in [5.41, 5.74) is 1.55. The molecule has 4 rings (SSSR count). The predicted octanol–water partition coefficient (Wildman–Crippen LogP) is 2.63. The van der Waals surface area contributed by atoms with Crippen LogP contribution in [0.2, 0.25) is 0 Å². The van der Waals surface area contributed by atoms with Gasteiger partial charge in [0.1, 0.15) is 5.76 Å². The van der Waals surface area contributed by atoms with Crippen molar-refractivity contribution in [2.24, 2.45) is 0 Å². The van der Waals surface area contributed by atoms with E-state index in [2.05, 4.69) is 5.16 Å². The van der Waals surface area contributed by atoms with E-state index in [9.17, 15) is 4.79 Å². The van der Waals surface area contributed by atoms with Crippen molar-refractivity contribution in [1.29, 1.82) is 0 Å². The molecular formula is C16H14N2O4. The lowest BCUT2D eigenvalue weighted by Crippen LogP contribution is -2.35. The third-order valence-electron chi connectivity index (χ3n) is 3.93. The molecule has 0 radical (unpaired) electrons. The zero-order valence-corrected chi connectivity index (χ0v) is 12.0. The van der Waals surface area contributed by atoms with Crippen molar-refractivity contribution in [2.45, 2.75) is 13.0 Å². The molecule has 1 amide bonds. The Balaban J connectivity index is 1.66. The fraction of sp³-hybridized carbons (Fsp3) is 0.250. The number of methoxy groups -OCH3 is 1. The zero-order valence-electron chi connectivity index (χ0n) is 12.0. The van der Waals surface area contributed by atoms with E-state index >= 15 is 0 Å². The molecule has 1 aromatic carbocycles. The van der Waals surface area contributed by atoms with Crippen molar-refractivity contribution in [3.63, 3.8) is 0 Å². The highest BCUT2D eigenvalue weighted by Crippen LogP contribution is 2.29. The maximum Gasteiger partial charge on any atom is 0.289 e. The van der Waals surface area contributed by atoms with Gasteiger partial charge in [-0.15, -0.1) is 0 Å². The minimum atomic E-state index is -0.134. The molecule has 0 atom stereocenters. The van der Waals surface area contributed by atoms with Crippen molar-refractivity contribution in [2.75, 3.05) is 13.7 Å². The van der Waals surface area contributed by atoms with Crippen LogP contribution in [0.3, 0.4) is 0 Å². The monoisotopic (exact) mass is 298 g/mol. The summed E-state index contributed by atoms with van der Waals surface area (Å²) in [6.07, 6.45) is 2.33. The second kappa shape index (κ2) is 4.91. The number of para-hydroxylation sites is 1. The largest absolute Gasteiger partial charge is 0.493 e. The number of hydrogen-bond donors (Lipinski definition) is 0. The molecule has 3 heterocycles. The van der Waals surface area contributed by atoms with Crippen LogP contribution in [0.15, 0.2) is 39.4 Å². The number of rotatable bonds is 2. The predicted molar refractivity (Wildman–Crippen MR) is 77.7 cm³/mol. The Bertz CT molecular complexity index is 849. The van der Waals surface area contributed by atoms with Gasteiger partial charge in [-0.3, -0.25) is 4.79 Å². The van der Waals surface area contributed by atoms with E-state index in [0.717, 1.165) is 16.7 Å². The molecule has 6 heteroatoms. The number of amides is 1. The van der Waals surface area contributed by atoms with E-state index in [1.165, 1.54) is 0 Å². The zero-order chi connectivity index (χ0) is 15.1. The summed E-state index contributed by atoms with van der Waals surface area (Å²) >= 11 is 0. The van der Waals surface area contributed by atoms with E-state index in [1.807, 2.05) is 18.2 Å². The van der Waals surface area contributed by atoms with Gasteiger partial charge in [0.2, 0.25) is 0 Å². The highest BCUT2D eigenvalue weighted by Gasteiger charge is 2.26. The van der Waals surface area contributed by atoms with E-state index in [1.54, 1.807) is 24.3 Å². The molecule has 1 aliphatic heterocycles. The minimum absolute atomic E-state index is 0.134. The van der Waals surface area contributed by atoms with Crippen LogP contribution in [0.4, 0.5) is 0 Å². The standard InChI is InChI=1S/C16H14N2O4/c1-20-13-4-2-3-10-7-14(21-15(10)13)16(19)18-6-5-12-11(9-18)8-17-22-12/h2-4,7-8H,5-6,9H2,1H3. The van der Waals surface area contributed by atoms with Crippen LogP contribution in [-0.4, -0.2) is 29.6 Å². The number of hydrogen-bond acceptors (Lipinski definition) is 5. The molecular weight excluding hydrogens is 284 g/mol. The molecule has 3 aromatic rings. The molecule has 6 nitrogen and oxygen atoms in total. The van der Waals surface area contributed by atoms with Gasteiger partial charge in [-0.05, 0) is 12.1 Å². The first kappa shape index (κ1) is 12.9. The second-order valence-corrected chi connectivity index (χ2v) is 5.24. The Morgan fingerprint density at radius 3 is 3.18 bits per heavy atom. The number of furan rings is 1. The van der Waals surface area contributed by atoms with Crippen molar-refractivity contribution < 1.29 is 18.5 Å². The summed E-state index contributed by atoms with van der Waals surface area (Å²) in [4.78, 5) is 14.4. The van der Waals surface area contributed by atoms with Gasteiger partial charge in [0.25, 0.3) is 5.91 Å². The van der Waals surface area contributed by atoms with Gasteiger partial charge in [0.05, 0.1) is 19.9 Å². The van der Waals surface area contributed by atoms with Gasteiger partial charge in [0.15, 0.2) is 17.1 Å². The first-order valence-electron chi connectivity index (χ1n) is 7.04. The van der Waals surface area contributed by atoms with Crippen molar-refractivity contribution in [3.05, 3.63) is 47.5 Å². The third-order valence-corrected chi connectivity index (χ3v) is 3.93. The number of aromatic nitrogens is 1. The average molecular weight is 298 g/mol. The third kappa shape index (κ3) is 1.95. The van der Waals surface area contributed by atoms with Gasteiger partial charge in [-0.25, -0.2) is 0 Å². The van der Waals surface area contributed by atoms with E-state index in [0.29, 0.717) is 36.6 Å². The van der Waals surface area contributed by atoms with Crippen LogP contribution in [0.5, 0.6) is 5.75 Å². The molecule has 0 N–H and O–H groups in total. The van der Waals surface area contributed by atoms with Crippen molar-refractivity contribution >= 4 is 16.9 Å². The van der Waals surface area contributed by atoms with Crippen LogP contribution < -0.4 is 4.74 Å². The molecule has 0 unspecified atom stereocenters. The van der Waals surface area contributed by atoms with Gasteiger partial charge in [0, 0.05) is 23.9 Å². The number of carbonyl (C=O) groups is 1. The fourth-order valence-corrected chi connectivity index (χ4v) is 2.77. The molecule has 112 valence electrons. The highest BCUT2D eigenvalue weighted by molar-refractivity contribution is 5.97. The Labute approximate surface area is 126 Å². The lowest BCUT2D eigenvalue weighted by atomic mass is 10.1. The molecule has 0 saturated carbocycles. The lowest BCUT2D eigenvalue weighted by Gasteiger charge is -2.24. The number of fused-ring (bicyclic) bond motifs is 2. The van der Waals surface area contributed by atoms with E-state index < -0.39 is 0 Å². The first-order valence-corrected chi connectivity index (χ1v) is 7.04. The summed E-state index contributed by atoms with van der Waals surface area (Å²) in [7, 11) is 1.58. The molecule has 0 aliphatic carbocycles. The van der Waals surface area contributed by atoms with Gasteiger partial charge < -0.3 is 18.6 Å². The van der Waals surface area contributed by atoms with Gasteiger partial charge in [-0.2, -0.15) is 0 Å². The van der Waals surface area contributed by atoms with Crippen molar-refractivity contribution in [1.82, 2.24) is 10.1 Å². The lowest BCUT2D eigenvalue weighted by molar-refractivity contribution is 0.0699. The van der Waals surface area contributed by atoms with Crippen molar-refractivity contribution in [3.8, 4) is 5.75 Å². The van der Waals surface area contributed by atoms with Gasteiger partial charge >= 0.3 is 0 Å². The SMILES string of the molecule is COc1cccc2cc(C(=O)N3CCc4oncc4C3)oc12. The Hall–Kier alpha value is -2.76. The Kier molecular flexibility index (Phi) is 2.89. The van der Waals surface area contributed by atoms with Crippen LogP contribution in [-0.2, 0) is 13.0 Å². The second-order valence-electron chi connectivity index (χ2n) is 5.24. The van der Waals surface area contributed by atoms with E-state index in [4.69, 9.17) is 13.7 Å².